The van der Waals surface area contributed by atoms with Crippen molar-refractivity contribution in [2.75, 3.05) is 6.54 Å². The molecular weight excluding hydrogens is 237 g/mol. The van der Waals surface area contributed by atoms with E-state index >= 15 is 0 Å². The van der Waals surface area contributed by atoms with Crippen molar-refractivity contribution in [2.24, 2.45) is 0 Å². The lowest BCUT2D eigenvalue weighted by Crippen LogP contribution is -2.20. The van der Waals surface area contributed by atoms with Gasteiger partial charge in [-0.15, -0.1) is 11.3 Å². The Labute approximate surface area is 104 Å². The van der Waals surface area contributed by atoms with Crippen molar-refractivity contribution in [3.05, 3.63) is 58.0 Å². The SMILES string of the molecule is OC(CNCc1ccc(F)cc1)c1cccs1. The summed E-state index contributed by atoms with van der Waals surface area (Å²) in [6.07, 6.45) is -0.476. The van der Waals surface area contributed by atoms with Crippen molar-refractivity contribution in [3.63, 3.8) is 0 Å². The van der Waals surface area contributed by atoms with Gasteiger partial charge in [0.15, 0.2) is 0 Å². The first-order valence-corrected chi connectivity index (χ1v) is 6.30. The largest absolute Gasteiger partial charge is 0.386 e. The number of hydrogen-bond donors (Lipinski definition) is 2. The van der Waals surface area contributed by atoms with Gasteiger partial charge in [-0.3, -0.25) is 0 Å². The van der Waals surface area contributed by atoms with Crippen LogP contribution in [0.3, 0.4) is 0 Å². The van der Waals surface area contributed by atoms with Gasteiger partial charge in [-0.05, 0) is 29.1 Å². The Morgan fingerprint density at radius 2 is 2.00 bits per heavy atom. The number of rotatable bonds is 5. The van der Waals surface area contributed by atoms with Gasteiger partial charge in [0.05, 0.1) is 0 Å². The molecule has 2 rings (SSSR count). The van der Waals surface area contributed by atoms with E-state index in [2.05, 4.69) is 5.32 Å². The van der Waals surface area contributed by atoms with Crippen LogP contribution in [0.2, 0.25) is 0 Å². The molecule has 90 valence electrons. The van der Waals surface area contributed by atoms with Crippen LogP contribution < -0.4 is 5.32 Å². The highest BCUT2D eigenvalue weighted by Gasteiger charge is 2.07. The fraction of sp³-hybridized carbons (Fsp3) is 0.231. The van der Waals surface area contributed by atoms with E-state index in [1.165, 1.54) is 23.5 Å². The smallest absolute Gasteiger partial charge is 0.123 e. The van der Waals surface area contributed by atoms with Gasteiger partial charge in [0.2, 0.25) is 0 Å². The van der Waals surface area contributed by atoms with Crippen LogP contribution >= 0.6 is 11.3 Å². The molecule has 1 aromatic heterocycles. The number of benzene rings is 1. The molecule has 2 nitrogen and oxygen atoms in total. The van der Waals surface area contributed by atoms with Crippen molar-refractivity contribution in [3.8, 4) is 0 Å². The van der Waals surface area contributed by atoms with Crippen molar-refractivity contribution in [1.82, 2.24) is 5.32 Å². The Morgan fingerprint density at radius 3 is 2.65 bits per heavy atom. The summed E-state index contributed by atoms with van der Waals surface area (Å²) < 4.78 is 12.7. The molecule has 17 heavy (non-hydrogen) atoms. The fourth-order valence-corrected chi connectivity index (χ4v) is 2.25. The molecule has 0 radical (unpaired) electrons. The molecular formula is C13H14FNOS. The predicted molar refractivity (Wildman–Crippen MR) is 67.4 cm³/mol. The van der Waals surface area contributed by atoms with Crippen molar-refractivity contribution in [1.29, 1.82) is 0 Å². The molecule has 0 amide bonds. The van der Waals surface area contributed by atoms with Crippen LogP contribution in [-0.2, 0) is 6.54 Å². The maximum Gasteiger partial charge on any atom is 0.123 e. The Kier molecular flexibility index (Phi) is 4.25. The lowest BCUT2D eigenvalue weighted by molar-refractivity contribution is 0.178. The first kappa shape index (κ1) is 12.2. The maximum absolute atomic E-state index is 12.7. The standard InChI is InChI=1S/C13H14FNOS/c14-11-5-3-10(4-6-11)8-15-9-12(16)13-2-1-7-17-13/h1-7,12,15-16H,8-9H2. The molecule has 1 unspecified atom stereocenters. The molecule has 0 aliphatic carbocycles. The van der Waals surface area contributed by atoms with Gasteiger partial charge in [-0.2, -0.15) is 0 Å². The van der Waals surface area contributed by atoms with Crippen LogP contribution in [0.5, 0.6) is 0 Å². The maximum atomic E-state index is 12.7. The van der Waals surface area contributed by atoms with Gasteiger partial charge in [0.25, 0.3) is 0 Å². The molecule has 1 heterocycles. The zero-order chi connectivity index (χ0) is 12.1. The summed E-state index contributed by atoms with van der Waals surface area (Å²) >= 11 is 1.54. The number of aliphatic hydroxyl groups is 1. The summed E-state index contributed by atoms with van der Waals surface area (Å²) in [6, 6.07) is 10.2. The van der Waals surface area contributed by atoms with Crippen LogP contribution in [0.1, 0.15) is 16.5 Å². The first-order chi connectivity index (χ1) is 8.25. The highest BCUT2D eigenvalue weighted by molar-refractivity contribution is 7.10. The summed E-state index contributed by atoms with van der Waals surface area (Å²) in [4.78, 5) is 0.955. The van der Waals surface area contributed by atoms with Crippen LogP contribution in [0.15, 0.2) is 41.8 Å². The average molecular weight is 251 g/mol. The number of hydrogen-bond acceptors (Lipinski definition) is 3. The number of aliphatic hydroxyl groups excluding tert-OH is 1. The van der Waals surface area contributed by atoms with E-state index < -0.39 is 6.10 Å². The van der Waals surface area contributed by atoms with Crippen LogP contribution in [0, 0.1) is 5.82 Å². The van der Waals surface area contributed by atoms with E-state index in [9.17, 15) is 9.50 Å². The Morgan fingerprint density at radius 1 is 1.24 bits per heavy atom. The lowest BCUT2D eigenvalue weighted by Gasteiger charge is -2.10. The zero-order valence-corrected chi connectivity index (χ0v) is 10.1. The highest BCUT2D eigenvalue weighted by atomic mass is 32.1. The zero-order valence-electron chi connectivity index (χ0n) is 9.27. The number of nitrogens with one attached hydrogen (secondary N) is 1. The molecule has 1 aromatic carbocycles. The second-order valence-corrected chi connectivity index (χ2v) is 4.77. The summed E-state index contributed by atoms with van der Waals surface area (Å²) in [5.74, 6) is -0.229. The minimum Gasteiger partial charge on any atom is -0.386 e. The Hall–Kier alpha value is -1.23. The highest BCUT2D eigenvalue weighted by Crippen LogP contribution is 2.17. The van der Waals surface area contributed by atoms with E-state index in [0.29, 0.717) is 13.1 Å². The second-order valence-electron chi connectivity index (χ2n) is 3.79. The molecule has 0 saturated heterocycles. The molecule has 0 bridgehead atoms. The minimum atomic E-state index is -0.476. The number of thiophene rings is 1. The van der Waals surface area contributed by atoms with Gasteiger partial charge in [0, 0.05) is 18.0 Å². The van der Waals surface area contributed by atoms with E-state index in [0.717, 1.165) is 10.4 Å². The summed E-state index contributed by atoms with van der Waals surface area (Å²) in [5, 5.41) is 14.9. The van der Waals surface area contributed by atoms with Gasteiger partial charge in [-0.1, -0.05) is 18.2 Å². The first-order valence-electron chi connectivity index (χ1n) is 5.42. The third kappa shape index (κ3) is 3.63. The predicted octanol–water partition coefficient (Wildman–Crippen LogP) is 2.71. The van der Waals surface area contributed by atoms with Crippen LogP contribution in [0.4, 0.5) is 4.39 Å². The molecule has 0 fully saturated rings. The van der Waals surface area contributed by atoms with Crippen LogP contribution in [-0.4, -0.2) is 11.7 Å². The van der Waals surface area contributed by atoms with E-state index in [1.54, 1.807) is 12.1 Å². The summed E-state index contributed by atoms with van der Waals surface area (Å²) in [5.41, 5.74) is 1.00. The molecule has 0 aliphatic heterocycles. The van der Waals surface area contributed by atoms with Gasteiger partial charge >= 0.3 is 0 Å². The van der Waals surface area contributed by atoms with E-state index in [-0.39, 0.29) is 5.82 Å². The molecule has 0 spiro atoms. The Bertz CT molecular complexity index is 441. The van der Waals surface area contributed by atoms with Crippen molar-refractivity contribution < 1.29 is 9.50 Å². The third-order valence-corrected chi connectivity index (χ3v) is 3.43. The normalized spacial score (nSPS) is 12.6. The molecule has 2 N–H and O–H groups in total. The number of halogens is 1. The van der Waals surface area contributed by atoms with Crippen LogP contribution in [0.25, 0.3) is 0 Å². The fourth-order valence-electron chi connectivity index (χ4n) is 1.54. The monoisotopic (exact) mass is 251 g/mol. The van der Waals surface area contributed by atoms with Gasteiger partial charge in [0.1, 0.15) is 11.9 Å². The molecule has 2 aromatic rings. The molecule has 0 saturated carbocycles. The van der Waals surface area contributed by atoms with E-state index in [4.69, 9.17) is 0 Å². The van der Waals surface area contributed by atoms with Crippen molar-refractivity contribution in [2.45, 2.75) is 12.6 Å². The van der Waals surface area contributed by atoms with Gasteiger partial charge in [-0.25, -0.2) is 4.39 Å². The summed E-state index contributed by atoms with van der Waals surface area (Å²) in [6.45, 7) is 1.13. The van der Waals surface area contributed by atoms with E-state index in [1.807, 2.05) is 17.5 Å². The quantitative estimate of drug-likeness (QED) is 0.856. The van der Waals surface area contributed by atoms with Gasteiger partial charge < -0.3 is 10.4 Å². The molecule has 4 heteroatoms. The molecule has 0 aliphatic rings. The lowest BCUT2D eigenvalue weighted by atomic mass is 10.2. The summed E-state index contributed by atoms with van der Waals surface area (Å²) in [7, 11) is 0. The minimum absolute atomic E-state index is 0.229. The third-order valence-electron chi connectivity index (χ3n) is 2.45. The molecule has 1 atom stereocenters. The topological polar surface area (TPSA) is 32.3 Å². The second kappa shape index (κ2) is 5.91. The Balaban J connectivity index is 1.78. The van der Waals surface area contributed by atoms with Crippen molar-refractivity contribution >= 4 is 11.3 Å². The average Bonchev–Trinajstić information content (AvgIpc) is 2.85.